The number of piperazine rings is 1. The van der Waals surface area contributed by atoms with Gasteiger partial charge in [0.1, 0.15) is 11.3 Å². The molecule has 0 atom stereocenters. The lowest BCUT2D eigenvalue weighted by Crippen LogP contribution is -2.50. The molecule has 1 aliphatic rings. The number of hydrogen-bond donors (Lipinski definition) is 1. The number of methoxy groups -OCH3 is 1. The quantitative estimate of drug-likeness (QED) is 0.428. The summed E-state index contributed by atoms with van der Waals surface area (Å²) in [6.07, 6.45) is 3.08. The summed E-state index contributed by atoms with van der Waals surface area (Å²) in [5.74, 6) is 0.494. The summed E-state index contributed by atoms with van der Waals surface area (Å²) in [5, 5.41) is 8.59. The van der Waals surface area contributed by atoms with Gasteiger partial charge in [0.05, 0.1) is 29.5 Å². The van der Waals surface area contributed by atoms with Crippen LogP contribution in [0.1, 0.15) is 16.1 Å². The summed E-state index contributed by atoms with van der Waals surface area (Å²) >= 11 is 0. The molecule has 13 heteroatoms. The summed E-state index contributed by atoms with van der Waals surface area (Å²) in [5.41, 5.74) is 0.943. The number of carbonyl (C=O) groups excluding carboxylic acids is 1. The van der Waals surface area contributed by atoms with E-state index in [0.29, 0.717) is 22.5 Å². The van der Waals surface area contributed by atoms with Gasteiger partial charge in [-0.3, -0.25) is 14.6 Å². The van der Waals surface area contributed by atoms with Gasteiger partial charge in [0.15, 0.2) is 0 Å². The molecule has 1 fully saturated rings. The van der Waals surface area contributed by atoms with Crippen LogP contribution in [0.3, 0.4) is 0 Å². The molecule has 3 aromatic heterocycles. The van der Waals surface area contributed by atoms with Crippen LogP contribution in [0, 0.1) is 6.92 Å². The SMILES string of the molecule is COc1ccc(S(=O)(=O)N2CCN(C(=O)c3cnn(-c4nn5cccc5c(=O)[nH]4)c3C)CC2)cc1. The Kier molecular flexibility index (Phi) is 5.65. The van der Waals surface area contributed by atoms with Crippen LogP contribution in [0.4, 0.5) is 0 Å². The van der Waals surface area contributed by atoms with E-state index in [1.807, 2.05) is 0 Å². The number of H-pyrrole nitrogens is 1. The van der Waals surface area contributed by atoms with Gasteiger partial charge in [-0.1, -0.05) is 0 Å². The van der Waals surface area contributed by atoms with Crippen molar-refractivity contribution in [1.29, 1.82) is 0 Å². The van der Waals surface area contributed by atoms with Crippen LogP contribution in [-0.2, 0) is 10.0 Å². The van der Waals surface area contributed by atoms with E-state index in [1.165, 1.54) is 38.9 Å². The fraction of sp³-hybridized carbons (Fsp3) is 0.273. The average Bonchev–Trinajstić information content (AvgIpc) is 3.50. The van der Waals surface area contributed by atoms with Crippen LogP contribution in [0.15, 0.2) is 58.5 Å². The van der Waals surface area contributed by atoms with Gasteiger partial charge in [0.25, 0.3) is 11.5 Å². The molecule has 1 aliphatic heterocycles. The van der Waals surface area contributed by atoms with Crippen molar-refractivity contribution in [2.45, 2.75) is 11.8 Å². The van der Waals surface area contributed by atoms with Crippen molar-refractivity contribution in [2.75, 3.05) is 33.3 Å². The Morgan fingerprint density at radius 3 is 2.49 bits per heavy atom. The number of benzene rings is 1. The molecule has 1 amide bonds. The molecule has 0 radical (unpaired) electrons. The molecule has 1 saturated heterocycles. The highest BCUT2D eigenvalue weighted by molar-refractivity contribution is 7.89. The van der Waals surface area contributed by atoms with Gasteiger partial charge in [-0.2, -0.15) is 9.40 Å². The van der Waals surface area contributed by atoms with Gasteiger partial charge in [0, 0.05) is 32.4 Å². The fourth-order valence-corrected chi connectivity index (χ4v) is 5.48. The highest BCUT2D eigenvalue weighted by Gasteiger charge is 2.31. The molecular weight excluding hydrogens is 474 g/mol. The summed E-state index contributed by atoms with van der Waals surface area (Å²) in [6, 6.07) is 9.57. The summed E-state index contributed by atoms with van der Waals surface area (Å²) in [7, 11) is -2.16. The largest absolute Gasteiger partial charge is 0.497 e. The maximum atomic E-state index is 13.2. The average molecular weight is 498 g/mol. The van der Waals surface area contributed by atoms with Crippen LogP contribution in [-0.4, -0.2) is 81.2 Å². The second kappa shape index (κ2) is 8.67. The van der Waals surface area contributed by atoms with E-state index in [9.17, 15) is 18.0 Å². The lowest BCUT2D eigenvalue weighted by Gasteiger charge is -2.34. The maximum absolute atomic E-state index is 13.2. The number of ether oxygens (including phenoxy) is 1. The van der Waals surface area contributed by atoms with Crippen LogP contribution in [0.5, 0.6) is 5.75 Å². The number of nitrogens with one attached hydrogen (secondary N) is 1. The predicted molar refractivity (Wildman–Crippen MR) is 125 cm³/mol. The zero-order valence-corrected chi connectivity index (χ0v) is 19.9. The van der Waals surface area contributed by atoms with Crippen LogP contribution in [0.2, 0.25) is 0 Å². The van der Waals surface area contributed by atoms with Gasteiger partial charge in [-0.05, 0) is 43.3 Å². The zero-order chi connectivity index (χ0) is 24.7. The lowest BCUT2D eigenvalue weighted by atomic mass is 10.2. The molecule has 0 unspecified atom stereocenters. The Morgan fingerprint density at radius 2 is 1.80 bits per heavy atom. The van der Waals surface area contributed by atoms with E-state index in [0.717, 1.165) is 0 Å². The summed E-state index contributed by atoms with van der Waals surface area (Å²) in [6.45, 7) is 2.54. The molecule has 5 rings (SSSR count). The number of fused-ring (bicyclic) bond motifs is 1. The molecule has 182 valence electrons. The first kappa shape index (κ1) is 22.8. The fourth-order valence-electron chi connectivity index (χ4n) is 4.06. The Hall–Kier alpha value is -3.97. The highest BCUT2D eigenvalue weighted by atomic mass is 32.2. The van der Waals surface area contributed by atoms with Crippen molar-refractivity contribution < 1.29 is 17.9 Å². The van der Waals surface area contributed by atoms with Gasteiger partial charge in [-0.25, -0.2) is 17.6 Å². The van der Waals surface area contributed by atoms with Crippen molar-refractivity contribution >= 4 is 21.4 Å². The maximum Gasteiger partial charge on any atom is 0.276 e. The molecule has 4 aromatic rings. The monoisotopic (exact) mass is 497 g/mol. The predicted octanol–water partition coefficient (Wildman–Crippen LogP) is 0.672. The summed E-state index contributed by atoms with van der Waals surface area (Å²) < 4.78 is 35.3. The summed E-state index contributed by atoms with van der Waals surface area (Å²) in [4.78, 5) is 29.9. The van der Waals surface area contributed by atoms with Crippen molar-refractivity contribution in [3.05, 3.63) is 70.4 Å². The van der Waals surface area contributed by atoms with E-state index < -0.39 is 10.0 Å². The third-order valence-corrected chi connectivity index (χ3v) is 7.97. The van der Waals surface area contributed by atoms with Gasteiger partial charge >= 0.3 is 0 Å². The minimum Gasteiger partial charge on any atom is -0.497 e. The van der Waals surface area contributed by atoms with Crippen molar-refractivity contribution in [2.24, 2.45) is 0 Å². The van der Waals surface area contributed by atoms with Gasteiger partial charge < -0.3 is 9.64 Å². The highest BCUT2D eigenvalue weighted by Crippen LogP contribution is 2.22. The molecule has 1 aromatic carbocycles. The molecule has 0 saturated carbocycles. The Morgan fingerprint density at radius 1 is 1.09 bits per heavy atom. The molecule has 0 aliphatic carbocycles. The minimum absolute atomic E-state index is 0.173. The molecule has 35 heavy (non-hydrogen) atoms. The van der Waals surface area contributed by atoms with E-state index in [1.54, 1.807) is 42.3 Å². The molecule has 12 nitrogen and oxygen atoms in total. The third-order valence-electron chi connectivity index (χ3n) is 6.05. The minimum atomic E-state index is -3.68. The second-order valence-electron chi connectivity index (χ2n) is 8.04. The van der Waals surface area contributed by atoms with E-state index >= 15 is 0 Å². The standard InChI is InChI=1S/C22H23N7O5S/c1-15-18(14-23-29(15)22-24-20(30)19-4-3-9-28(19)25-22)21(31)26-10-12-27(13-11-26)35(32,33)17-7-5-16(34-2)6-8-17/h3-9,14H,10-13H2,1-2H3,(H,24,25,30). The van der Waals surface area contributed by atoms with Crippen LogP contribution in [0.25, 0.3) is 11.5 Å². The number of nitrogens with zero attached hydrogens (tertiary/aromatic N) is 6. The number of aromatic amines is 1. The Bertz CT molecular complexity index is 1560. The van der Waals surface area contributed by atoms with Crippen molar-refractivity contribution in [1.82, 2.24) is 33.6 Å². The topological polar surface area (TPSA) is 135 Å². The molecule has 4 heterocycles. The van der Waals surface area contributed by atoms with E-state index in [-0.39, 0.29) is 48.5 Å². The Labute approximate surface area is 200 Å². The molecule has 0 bridgehead atoms. The lowest BCUT2D eigenvalue weighted by molar-refractivity contribution is 0.0697. The molecule has 1 N–H and O–H groups in total. The first-order chi connectivity index (χ1) is 16.8. The van der Waals surface area contributed by atoms with Gasteiger partial charge in [-0.15, -0.1) is 5.10 Å². The smallest absolute Gasteiger partial charge is 0.276 e. The zero-order valence-electron chi connectivity index (χ0n) is 19.1. The molecular formula is C22H23N7O5S. The van der Waals surface area contributed by atoms with Crippen LogP contribution >= 0.6 is 0 Å². The Balaban J connectivity index is 1.31. The second-order valence-corrected chi connectivity index (χ2v) is 9.98. The number of hydrogen-bond acceptors (Lipinski definition) is 7. The van der Waals surface area contributed by atoms with E-state index in [2.05, 4.69) is 15.2 Å². The number of aromatic nitrogens is 5. The normalized spacial score (nSPS) is 15.0. The number of rotatable bonds is 5. The first-order valence-corrected chi connectivity index (χ1v) is 12.3. The first-order valence-electron chi connectivity index (χ1n) is 10.9. The number of amides is 1. The molecule has 0 spiro atoms. The number of sulfonamides is 1. The van der Waals surface area contributed by atoms with E-state index in [4.69, 9.17) is 4.74 Å². The third kappa shape index (κ3) is 3.98. The van der Waals surface area contributed by atoms with Crippen molar-refractivity contribution in [3.8, 4) is 11.7 Å². The van der Waals surface area contributed by atoms with Crippen LogP contribution < -0.4 is 10.3 Å². The number of carbonyl (C=O) groups is 1. The van der Waals surface area contributed by atoms with Crippen molar-refractivity contribution in [3.63, 3.8) is 0 Å². The van der Waals surface area contributed by atoms with Gasteiger partial charge in [0.2, 0.25) is 16.0 Å².